The number of benzene rings is 2. The van der Waals surface area contributed by atoms with Gasteiger partial charge in [-0.05, 0) is 37.5 Å². The minimum Gasteiger partial charge on any atom is -0.394 e. The van der Waals surface area contributed by atoms with Crippen molar-refractivity contribution in [3.63, 3.8) is 0 Å². The summed E-state index contributed by atoms with van der Waals surface area (Å²) >= 11 is 1.58. The monoisotopic (exact) mass is 585 g/mol. The van der Waals surface area contributed by atoms with Crippen LogP contribution in [0.25, 0.3) is 0 Å². The van der Waals surface area contributed by atoms with Gasteiger partial charge in [0.2, 0.25) is 17.7 Å². The Morgan fingerprint density at radius 1 is 0.952 bits per heavy atom. The number of hydrogen-bond acceptors (Lipinski definition) is 5. The second-order valence-electron chi connectivity index (χ2n) is 11.9. The molecule has 0 bridgehead atoms. The number of para-hydroxylation sites is 1. The first kappa shape index (κ1) is 28.7. The van der Waals surface area contributed by atoms with Gasteiger partial charge in [0.1, 0.15) is 6.04 Å². The molecule has 0 saturated carbocycles. The van der Waals surface area contributed by atoms with Crippen LogP contribution in [-0.4, -0.2) is 80.4 Å². The minimum atomic E-state index is -0.909. The number of likely N-dealkylation sites (tertiary alicyclic amines) is 1. The molecule has 8 heteroatoms. The Hall–Kier alpha value is -3.36. The third-order valence-corrected chi connectivity index (χ3v) is 11.1. The van der Waals surface area contributed by atoms with E-state index >= 15 is 0 Å². The van der Waals surface area contributed by atoms with Gasteiger partial charge in [0, 0.05) is 30.1 Å². The normalized spacial score (nSPS) is 30.1. The van der Waals surface area contributed by atoms with Gasteiger partial charge in [-0.1, -0.05) is 86.2 Å². The van der Waals surface area contributed by atoms with E-state index in [0.717, 1.165) is 24.1 Å². The van der Waals surface area contributed by atoms with Gasteiger partial charge in [-0.25, -0.2) is 0 Å². The predicted octanol–water partition coefficient (Wildman–Crippen LogP) is 4.08. The van der Waals surface area contributed by atoms with Crippen LogP contribution in [0.15, 0.2) is 85.0 Å². The Morgan fingerprint density at radius 3 is 2.36 bits per heavy atom. The van der Waals surface area contributed by atoms with Crippen LogP contribution in [0, 0.1) is 11.8 Å². The van der Waals surface area contributed by atoms with Crippen molar-refractivity contribution in [2.24, 2.45) is 11.8 Å². The third-order valence-electron chi connectivity index (χ3n) is 9.35. The van der Waals surface area contributed by atoms with E-state index in [1.807, 2.05) is 77.7 Å². The zero-order valence-electron chi connectivity index (χ0n) is 24.2. The van der Waals surface area contributed by atoms with Gasteiger partial charge in [-0.2, -0.15) is 0 Å². The maximum atomic E-state index is 14.8. The standard InChI is InChI=1S/C34H39N3O4S/c1-3-12-23(2)35-20-11-18-34-29(28-27(42-34)17-10-19-36(31(28)39)25-15-8-5-9-16-25)32(40)37(30(34)33(35)41)26(22-38)21-24-13-6-4-7-14-24/h4-11,13-18,23,26-30,38H,3,12,19-22H2,1-2H3/t23?,26-,27+,28-,29+,30?,34+/m1/s1. The molecule has 220 valence electrons. The first-order valence-corrected chi connectivity index (χ1v) is 15.9. The molecule has 1 N–H and O–H groups in total. The molecule has 2 aromatic rings. The molecular formula is C34H39N3O4S. The Kier molecular flexibility index (Phi) is 8.03. The number of carbonyl (C=O) groups is 3. The number of aliphatic hydroxyl groups is 1. The highest BCUT2D eigenvalue weighted by atomic mass is 32.2. The van der Waals surface area contributed by atoms with E-state index < -0.39 is 28.7 Å². The summed E-state index contributed by atoms with van der Waals surface area (Å²) in [6.45, 7) is 4.79. The second kappa shape index (κ2) is 11.7. The van der Waals surface area contributed by atoms with E-state index in [-0.39, 0.29) is 35.6 Å². The van der Waals surface area contributed by atoms with Crippen LogP contribution in [0.1, 0.15) is 32.3 Å². The largest absolute Gasteiger partial charge is 0.394 e. The lowest BCUT2D eigenvalue weighted by atomic mass is 9.78. The van der Waals surface area contributed by atoms with E-state index in [9.17, 15) is 19.5 Å². The number of carbonyl (C=O) groups excluding carboxylic acids is 3. The Balaban J connectivity index is 1.45. The number of nitrogens with zero attached hydrogens (tertiary/aromatic N) is 3. The minimum absolute atomic E-state index is 0.00647. The number of anilines is 1. The molecule has 0 aromatic heterocycles. The molecule has 6 rings (SSSR count). The van der Waals surface area contributed by atoms with Crippen LogP contribution in [-0.2, 0) is 20.8 Å². The number of amides is 3. The van der Waals surface area contributed by atoms with Gasteiger partial charge in [0.05, 0.1) is 29.2 Å². The lowest BCUT2D eigenvalue weighted by molar-refractivity contribution is -0.146. The summed E-state index contributed by atoms with van der Waals surface area (Å²) in [6, 6.07) is 17.9. The SMILES string of the molecule is CCCC(C)N1CC=C[C@]23S[C@H]4C=CCN(c5ccccc5)C(=O)[C@H]4[C@H]2C(=O)N([C@@H](CO)Cc2ccccc2)C3C1=O. The van der Waals surface area contributed by atoms with Gasteiger partial charge in [0.15, 0.2) is 0 Å². The van der Waals surface area contributed by atoms with E-state index in [4.69, 9.17) is 0 Å². The van der Waals surface area contributed by atoms with E-state index in [1.165, 1.54) is 0 Å². The number of hydrogen-bond donors (Lipinski definition) is 1. The molecule has 4 heterocycles. The summed E-state index contributed by atoms with van der Waals surface area (Å²) in [4.78, 5) is 49.1. The van der Waals surface area contributed by atoms with E-state index in [2.05, 4.69) is 26.0 Å². The maximum Gasteiger partial charge on any atom is 0.247 e. The molecule has 2 unspecified atom stereocenters. The molecule has 0 aliphatic carbocycles. The predicted molar refractivity (Wildman–Crippen MR) is 166 cm³/mol. The first-order valence-electron chi connectivity index (χ1n) is 15.1. The zero-order valence-corrected chi connectivity index (χ0v) is 25.0. The molecular weight excluding hydrogens is 546 g/mol. The van der Waals surface area contributed by atoms with Gasteiger partial charge in [-0.3, -0.25) is 14.4 Å². The van der Waals surface area contributed by atoms with Gasteiger partial charge < -0.3 is 19.8 Å². The van der Waals surface area contributed by atoms with Crippen LogP contribution in [0.3, 0.4) is 0 Å². The summed E-state index contributed by atoms with van der Waals surface area (Å²) in [5, 5.41) is 10.5. The molecule has 7 atom stereocenters. The highest BCUT2D eigenvalue weighted by Gasteiger charge is 2.71. The molecule has 2 fully saturated rings. The van der Waals surface area contributed by atoms with Crippen molar-refractivity contribution in [3.8, 4) is 0 Å². The average molecular weight is 586 g/mol. The van der Waals surface area contributed by atoms with Gasteiger partial charge in [0.25, 0.3) is 0 Å². The first-order chi connectivity index (χ1) is 20.4. The second-order valence-corrected chi connectivity index (χ2v) is 13.3. The summed E-state index contributed by atoms with van der Waals surface area (Å²) < 4.78 is -0.909. The lowest BCUT2D eigenvalue weighted by Crippen LogP contribution is -2.58. The Bertz CT molecular complexity index is 1380. The Labute approximate surface area is 252 Å². The van der Waals surface area contributed by atoms with Crippen molar-refractivity contribution in [1.29, 1.82) is 0 Å². The van der Waals surface area contributed by atoms with Crippen LogP contribution >= 0.6 is 11.8 Å². The van der Waals surface area contributed by atoms with E-state index in [1.54, 1.807) is 21.6 Å². The highest BCUT2D eigenvalue weighted by Crippen LogP contribution is 2.61. The van der Waals surface area contributed by atoms with Gasteiger partial charge in [-0.15, -0.1) is 11.8 Å². The number of fused-ring (bicyclic) bond motifs is 2. The van der Waals surface area contributed by atoms with Crippen molar-refractivity contribution in [3.05, 3.63) is 90.5 Å². The van der Waals surface area contributed by atoms with Crippen LogP contribution in [0.2, 0.25) is 0 Å². The smallest absolute Gasteiger partial charge is 0.247 e. The highest BCUT2D eigenvalue weighted by molar-refractivity contribution is 8.02. The average Bonchev–Trinajstić information content (AvgIpc) is 3.32. The number of rotatable bonds is 8. The van der Waals surface area contributed by atoms with Crippen molar-refractivity contribution in [1.82, 2.24) is 9.80 Å². The summed E-state index contributed by atoms with van der Waals surface area (Å²) in [5.74, 6) is -1.74. The molecule has 1 spiro atoms. The van der Waals surface area contributed by atoms with Gasteiger partial charge >= 0.3 is 0 Å². The van der Waals surface area contributed by atoms with Crippen molar-refractivity contribution < 1.29 is 19.5 Å². The summed E-state index contributed by atoms with van der Waals surface area (Å²) in [7, 11) is 0. The number of thioether (sulfide) groups is 1. The fourth-order valence-corrected chi connectivity index (χ4v) is 9.43. The maximum absolute atomic E-state index is 14.8. The summed E-state index contributed by atoms with van der Waals surface area (Å²) in [6.07, 6.45) is 10.4. The van der Waals surface area contributed by atoms with E-state index in [0.29, 0.717) is 19.5 Å². The topological polar surface area (TPSA) is 81.2 Å². The molecule has 2 aromatic carbocycles. The molecule has 3 amide bonds. The number of aliphatic hydroxyl groups excluding tert-OH is 1. The zero-order chi connectivity index (χ0) is 29.4. The molecule has 4 aliphatic heterocycles. The molecule has 42 heavy (non-hydrogen) atoms. The quantitative estimate of drug-likeness (QED) is 0.473. The fourth-order valence-electron chi connectivity index (χ4n) is 7.43. The van der Waals surface area contributed by atoms with Crippen LogP contribution in [0.4, 0.5) is 5.69 Å². The van der Waals surface area contributed by atoms with Crippen LogP contribution in [0.5, 0.6) is 0 Å². The third kappa shape index (κ3) is 4.69. The van der Waals surface area contributed by atoms with Crippen molar-refractivity contribution >= 4 is 35.2 Å². The van der Waals surface area contributed by atoms with Crippen molar-refractivity contribution in [2.45, 2.75) is 61.2 Å². The molecule has 2 saturated heterocycles. The Morgan fingerprint density at radius 2 is 1.67 bits per heavy atom. The molecule has 7 nitrogen and oxygen atoms in total. The molecule has 4 aliphatic rings. The van der Waals surface area contributed by atoms with Crippen molar-refractivity contribution in [2.75, 3.05) is 24.6 Å². The fraction of sp³-hybridized carbons (Fsp3) is 0.441. The lowest BCUT2D eigenvalue weighted by Gasteiger charge is -2.40. The van der Waals surface area contributed by atoms with Crippen LogP contribution < -0.4 is 4.90 Å². The summed E-state index contributed by atoms with van der Waals surface area (Å²) in [5.41, 5.74) is 1.78. The molecule has 0 radical (unpaired) electrons.